The highest BCUT2D eigenvalue weighted by Gasteiger charge is 2.46. The summed E-state index contributed by atoms with van der Waals surface area (Å²) in [5.41, 5.74) is 1.96. The van der Waals surface area contributed by atoms with Crippen molar-refractivity contribution in [1.82, 2.24) is 4.90 Å². The molecule has 9 heteroatoms. The minimum Gasteiger partial charge on any atom is -0.507 e. The molecule has 0 spiro atoms. The van der Waals surface area contributed by atoms with E-state index in [2.05, 4.69) is 0 Å². The van der Waals surface area contributed by atoms with Crippen LogP contribution in [0.2, 0.25) is 5.02 Å². The zero-order chi connectivity index (χ0) is 27.6. The van der Waals surface area contributed by atoms with Crippen LogP contribution in [0, 0.1) is 6.92 Å². The second-order valence-electron chi connectivity index (χ2n) is 8.77. The quantitative estimate of drug-likeness (QED) is 0.225. The number of nitrogens with zero attached hydrogens (tertiary/aromatic N) is 1. The summed E-state index contributed by atoms with van der Waals surface area (Å²) in [6.07, 6.45) is 0. The molecule has 38 heavy (non-hydrogen) atoms. The van der Waals surface area contributed by atoms with E-state index in [1.807, 2.05) is 6.07 Å². The second kappa shape index (κ2) is 11.1. The molecule has 3 aromatic rings. The van der Waals surface area contributed by atoms with E-state index in [1.54, 1.807) is 56.3 Å². The van der Waals surface area contributed by atoms with Crippen LogP contribution >= 0.6 is 11.6 Å². The van der Waals surface area contributed by atoms with Gasteiger partial charge in [-0.05, 0) is 66.9 Å². The van der Waals surface area contributed by atoms with Gasteiger partial charge in [0, 0.05) is 6.54 Å². The first-order valence-electron chi connectivity index (χ1n) is 11.9. The average Bonchev–Trinajstić information content (AvgIpc) is 3.14. The monoisotopic (exact) mass is 537 g/mol. The van der Waals surface area contributed by atoms with Crippen LogP contribution in [0.3, 0.4) is 0 Å². The van der Waals surface area contributed by atoms with Crippen LogP contribution in [-0.2, 0) is 16.1 Å². The van der Waals surface area contributed by atoms with Crippen molar-refractivity contribution in [3.8, 4) is 23.0 Å². The van der Waals surface area contributed by atoms with Crippen molar-refractivity contribution in [3.05, 3.63) is 87.4 Å². The number of rotatable bonds is 8. The third kappa shape index (κ3) is 4.99. The van der Waals surface area contributed by atoms with Crippen molar-refractivity contribution >= 4 is 29.1 Å². The van der Waals surface area contributed by atoms with E-state index in [4.69, 9.17) is 25.8 Å². The molecule has 0 aliphatic carbocycles. The number of methoxy groups -OCH3 is 2. The molecule has 1 heterocycles. The van der Waals surface area contributed by atoms with Crippen LogP contribution in [0.15, 0.2) is 60.2 Å². The van der Waals surface area contributed by atoms with Crippen LogP contribution in [0.1, 0.15) is 35.2 Å². The lowest BCUT2D eigenvalue weighted by atomic mass is 9.94. The molecular formula is C29H28ClNO7. The normalized spacial score (nSPS) is 16.6. The van der Waals surface area contributed by atoms with Gasteiger partial charge in [-0.1, -0.05) is 29.8 Å². The molecule has 1 unspecified atom stereocenters. The molecule has 1 fully saturated rings. The van der Waals surface area contributed by atoms with Crippen LogP contribution in [0.25, 0.3) is 5.76 Å². The number of aryl methyl sites for hydroxylation is 1. The highest BCUT2D eigenvalue weighted by Crippen LogP contribution is 2.44. The second-order valence-corrected chi connectivity index (χ2v) is 9.17. The molecule has 8 nitrogen and oxygen atoms in total. The number of phenols is 1. The number of likely N-dealkylation sites (tertiary alicyclic amines) is 1. The lowest BCUT2D eigenvalue weighted by Crippen LogP contribution is -2.29. The smallest absolute Gasteiger partial charge is 0.295 e. The standard InChI is InChI=1S/C29H28ClNO7/c1-5-38-23-14-18(9-10-22(23)32)25-24(26(33)20-11-16(2)12-21(30)28(20)37-4)27(34)29(35)31(25)15-17-7-6-8-19(13-17)36-3/h6-14,25,32-33H,5,15H2,1-4H3/b26-24+. The van der Waals surface area contributed by atoms with Crippen LogP contribution in [0.4, 0.5) is 0 Å². The van der Waals surface area contributed by atoms with Crippen molar-refractivity contribution in [1.29, 1.82) is 0 Å². The molecule has 198 valence electrons. The number of hydrogen-bond donors (Lipinski definition) is 2. The molecule has 1 aliphatic rings. The van der Waals surface area contributed by atoms with E-state index in [9.17, 15) is 19.8 Å². The number of Topliss-reactive ketones (excluding diaryl/α,β-unsaturated/α-hetero) is 1. The van der Waals surface area contributed by atoms with E-state index < -0.39 is 23.5 Å². The Bertz CT molecular complexity index is 1430. The number of halogens is 1. The lowest BCUT2D eigenvalue weighted by Gasteiger charge is -2.26. The predicted molar refractivity (Wildman–Crippen MR) is 143 cm³/mol. The Morgan fingerprint density at radius 1 is 1.05 bits per heavy atom. The van der Waals surface area contributed by atoms with E-state index >= 15 is 0 Å². The third-order valence-electron chi connectivity index (χ3n) is 6.27. The van der Waals surface area contributed by atoms with Gasteiger partial charge in [-0.25, -0.2) is 0 Å². The van der Waals surface area contributed by atoms with E-state index in [0.717, 1.165) is 11.1 Å². The number of benzene rings is 3. The maximum Gasteiger partial charge on any atom is 0.295 e. The molecule has 0 radical (unpaired) electrons. The minimum absolute atomic E-state index is 0.0553. The Morgan fingerprint density at radius 2 is 1.82 bits per heavy atom. The molecular weight excluding hydrogens is 510 g/mol. The topological polar surface area (TPSA) is 106 Å². The molecule has 2 N–H and O–H groups in total. The summed E-state index contributed by atoms with van der Waals surface area (Å²) in [5.74, 6) is -1.20. The molecule has 1 amide bonds. The molecule has 3 aromatic carbocycles. The van der Waals surface area contributed by atoms with Crippen molar-refractivity contribution in [2.45, 2.75) is 26.4 Å². The number of carbonyl (C=O) groups excluding carboxylic acids is 2. The number of hydrogen-bond acceptors (Lipinski definition) is 7. The fraction of sp³-hybridized carbons (Fsp3) is 0.241. The van der Waals surface area contributed by atoms with Gasteiger partial charge in [-0.3, -0.25) is 9.59 Å². The van der Waals surface area contributed by atoms with Crippen molar-refractivity contribution in [2.24, 2.45) is 0 Å². The Kier molecular flexibility index (Phi) is 7.83. The number of aromatic hydroxyl groups is 1. The summed E-state index contributed by atoms with van der Waals surface area (Å²) in [7, 11) is 2.94. The minimum atomic E-state index is -0.995. The van der Waals surface area contributed by atoms with Gasteiger partial charge in [0.15, 0.2) is 11.5 Å². The molecule has 0 bridgehead atoms. The molecule has 1 atom stereocenters. The summed E-state index contributed by atoms with van der Waals surface area (Å²) in [4.78, 5) is 28.3. The zero-order valence-corrected chi connectivity index (χ0v) is 22.2. The first-order chi connectivity index (χ1) is 18.2. The Balaban J connectivity index is 1.95. The average molecular weight is 538 g/mol. The molecule has 1 aliphatic heterocycles. The largest absolute Gasteiger partial charge is 0.507 e. The fourth-order valence-corrected chi connectivity index (χ4v) is 4.94. The molecule has 4 rings (SSSR count). The number of amides is 1. The van der Waals surface area contributed by atoms with Gasteiger partial charge in [-0.2, -0.15) is 0 Å². The summed E-state index contributed by atoms with van der Waals surface area (Å²) in [6.45, 7) is 3.91. The fourth-order valence-electron chi connectivity index (χ4n) is 4.59. The Hall–Kier alpha value is -4.17. The number of aliphatic hydroxyl groups is 1. The number of ketones is 1. The molecule has 1 saturated heterocycles. The maximum atomic E-state index is 13.5. The molecule has 0 saturated carbocycles. The summed E-state index contributed by atoms with van der Waals surface area (Å²) >= 11 is 6.36. The van der Waals surface area contributed by atoms with Crippen LogP contribution in [-0.4, -0.2) is 47.6 Å². The lowest BCUT2D eigenvalue weighted by molar-refractivity contribution is -0.140. The third-order valence-corrected chi connectivity index (χ3v) is 6.55. The highest BCUT2D eigenvalue weighted by molar-refractivity contribution is 6.46. The van der Waals surface area contributed by atoms with Gasteiger partial charge in [0.1, 0.15) is 17.3 Å². The van der Waals surface area contributed by atoms with E-state index in [1.165, 1.54) is 25.2 Å². The van der Waals surface area contributed by atoms with Crippen molar-refractivity contribution in [2.75, 3.05) is 20.8 Å². The van der Waals surface area contributed by atoms with Gasteiger partial charge < -0.3 is 29.3 Å². The van der Waals surface area contributed by atoms with Gasteiger partial charge in [-0.15, -0.1) is 0 Å². The first kappa shape index (κ1) is 26.9. The zero-order valence-electron chi connectivity index (χ0n) is 21.4. The Labute approximate surface area is 225 Å². The number of ether oxygens (including phenoxy) is 3. The Morgan fingerprint density at radius 3 is 2.50 bits per heavy atom. The van der Waals surface area contributed by atoms with E-state index in [0.29, 0.717) is 17.9 Å². The summed E-state index contributed by atoms with van der Waals surface area (Å²) < 4.78 is 16.3. The molecule has 0 aromatic heterocycles. The summed E-state index contributed by atoms with van der Waals surface area (Å²) in [6, 6.07) is 14.0. The number of phenolic OH excluding ortho intramolecular Hbond substituents is 1. The van der Waals surface area contributed by atoms with Gasteiger partial charge in [0.2, 0.25) is 0 Å². The first-order valence-corrected chi connectivity index (χ1v) is 12.3. The highest BCUT2D eigenvalue weighted by atomic mass is 35.5. The van der Waals surface area contributed by atoms with Gasteiger partial charge in [0.05, 0.1) is 43.0 Å². The number of aliphatic hydroxyl groups excluding tert-OH is 1. The maximum absolute atomic E-state index is 13.5. The van der Waals surface area contributed by atoms with Crippen molar-refractivity contribution in [3.63, 3.8) is 0 Å². The predicted octanol–water partition coefficient (Wildman–Crippen LogP) is 5.39. The van der Waals surface area contributed by atoms with Gasteiger partial charge in [0.25, 0.3) is 11.7 Å². The number of carbonyl (C=O) groups is 2. The summed E-state index contributed by atoms with van der Waals surface area (Å²) in [5, 5.41) is 22.1. The van der Waals surface area contributed by atoms with Gasteiger partial charge >= 0.3 is 0 Å². The van der Waals surface area contributed by atoms with Crippen LogP contribution < -0.4 is 14.2 Å². The van der Waals surface area contributed by atoms with Crippen molar-refractivity contribution < 1.29 is 34.0 Å². The van der Waals surface area contributed by atoms with Crippen LogP contribution in [0.5, 0.6) is 23.0 Å². The SMILES string of the molecule is CCOc1cc(C2/C(=C(\O)c3cc(C)cc(Cl)c3OC)C(=O)C(=O)N2Cc2cccc(OC)c2)ccc1O. The van der Waals surface area contributed by atoms with E-state index in [-0.39, 0.29) is 40.0 Å².